The summed E-state index contributed by atoms with van der Waals surface area (Å²) in [5, 5.41) is 3.12. The molecule has 7 nitrogen and oxygen atoms in total. The van der Waals surface area contributed by atoms with Crippen LogP contribution in [0.5, 0.6) is 11.5 Å². The van der Waals surface area contributed by atoms with Gasteiger partial charge in [0.15, 0.2) is 5.96 Å². The predicted octanol–water partition coefficient (Wildman–Crippen LogP) is 3.18. The lowest BCUT2D eigenvalue weighted by molar-refractivity contribution is -0.123. The highest BCUT2D eigenvalue weighted by Gasteiger charge is 2.22. The van der Waals surface area contributed by atoms with Crippen LogP contribution < -0.4 is 21.5 Å². The van der Waals surface area contributed by atoms with Crippen LogP contribution >= 0.6 is 0 Å². The maximum Gasteiger partial charge on any atom is 0.220 e. The summed E-state index contributed by atoms with van der Waals surface area (Å²) < 4.78 is 5.84. The number of hydrogen-bond acceptors (Lipinski definition) is 4. The molecule has 30 heavy (non-hydrogen) atoms. The minimum Gasteiger partial charge on any atom is -0.457 e. The molecule has 0 atom stereocenters. The van der Waals surface area contributed by atoms with Gasteiger partial charge in [0, 0.05) is 24.2 Å². The Morgan fingerprint density at radius 1 is 1.03 bits per heavy atom. The number of guanidine groups is 1. The zero-order chi connectivity index (χ0) is 21.2. The van der Waals surface area contributed by atoms with Crippen molar-refractivity contribution in [3.63, 3.8) is 0 Å². The lowest BCUT2D eigenvalue weighted by Crippen LogP contribution is -2.38. The highest BCUT2D eigenvalue weighted by molar-refractivity contribution is 5.92. The standard InChI is InChI=1S/C23H31N5O2/c24-22(29)18-11-15-28(16-12-18)14-5-4-13-26-23(25)27-19-7-6-10-21(17-19)30-20-8-2-1-3-9-20/h1-3,6-10,17-18H,4-5,11-16H2,(H2,24,29)(H3,25,26,27). The molecule has 0 bridgehead atoms. The number of amides is 1. The van der Waals surface area contributed by atoms with Crippen molar-refractivity contribution < 1.29 is 9.53 Å². The molecular formula is C23H31N5O2. The van der Waals surface area contributed by atoms with Crippen molar-refractivity contribution in [2.75, 3.05) is 31.5 Å². The Morgan fingerprint density at radius 2 is 1.77 bits per heavy atom. The van der Waals surface area contributed by atoms with E-state index in [4.69, 9.17) is 16.2 Å². The van der Waals surface area contributed by atoms with Gasteiger partial charge in [0.25, 0.3) is 0 Å². The molecule has 5 N–H and O–H groups in total. The minimum atomic E-state index is -0.163. The van der Waals surface area contributed by atoms with E-state index in [1.165, 1.54) is 0 Å². The second-order valence-corrected chi connectivity index (χ2v) is 7.56. The molecule has 0 aliphatic carbocycles. The number of carbonyl (C=O) groups is 1. The third-order valence-electron chi connectivity index (χ3n) is 5.24. The van der Waals surface area contributed by atoms with E-state index < -0.39 is 0 Å². The summed E-state index contributed by atoms with van der Waals surface area (Å²) >= 11 is 0. The Hall–Kier alpha value is -3.06. The fraction of sp³-hybridized carbons (Fsp3) is 0.391. The molecule has 0 spiro atoms. The fourth-order valence-corrected chi connectivity index (χ4v) is 3.54. The van der Waals surface area contributed by atoms with Gasteiger partial charge in [0.05, 0.1) is 0 Å². The van der Waals surface area contributed by atoms with Gasteiger partial charge < -0.3 is 26.4 Å². The number of carbonyl (C=O) groups excluding carboxylic acids is 1. The number of primary amides is 1. The molecule has 3 rings (SSSR count). The topological polar surface area (TPSA) is 106 Å². The molecule has 0 aromatic heterocycles. The maximum absolute atomic E-state index is 11.2. The predicted molar refractivity (Wildman–Crippen MR) is 121 cm³/mol. The summed E-state index contributed by atoms with van der Waals surface area (Å²) in [6, 6.07) is 17.3. The number of nitrogens with two attached hydrogens (primary N) is 2. The van der Waals surface area contributed by atoms with Gasteiger partial charge in [-0.25, -0.2) is 0 Å². The van der Waals surface area contributed by atoms with Crippen LogP contribution in [0.2, 0.25) is 0 Å². The smallest absolute Gasteiger partial charge is 0.220 e. The highest BCUT2D eigenvalue weighted by Crippen LogP contribution is 2.23. The normalized spacial score (nSPS) is 15.7. The van der Waals surface area contributed by atoms with Crippen molar-refractivity contribution in [2.24, 2.45) is 22.4 Å². The first-order valence-electron chi connectivity index (χ1n) is 10.5. The van der Waals surface area contributed by atoms with Gasteiger partial charge in [-0.2, -0.15) is 0 Å². The molecule has 1 aliphatic heterocycles. The minimum absolute atomic E-state index is 0.0494. The Morgan fingerprint density at radius 3 is 2.50 bits per heavy atom. The molecular weight excluding hydrogens is 378 g/mol. The average Bonchev–Trinajstić information content (AvgIpc) is 2.75. The van der Waals surface area contributed by atoms with E-state index in [1.807, 2.05) is 54.6 Å². The van der Waals surface area contributed by atoms with Crippen LogP contribution in [0.3, 0.4) is 0 Å². The second kappa shape index (κ2) is 11.2. The first-order valence-corrected chi connectivity index (χ1v) is 10.5. The van der Waals surface area contributed by atoms with E-state index in [9.17, 15) is 4.79 Å². The zero-order valence-electron chi connectivity index (χ0n) is 17.3. The van der Waals surface area contributed by atoms with Crippen LogP contribution in [0, 0.1) is 5.92 Å². The van der Waals surface area contributed by atoms with E-state index in [0.29, 0.717) is 12.5 Å². The third kappa shape index (κ3) is 7.08. The SMILES string of the molecule is NC(=O)C1CCN(CCCCN=C(N)Nc2cccc(Oc3ccccc3)c2)CC1. The summed E-state index contributed by atoms with van der Waals surface area (Å²) in [4.78, 5) is 18.0. The molecule has 2 aromatic rings. The quantitative estimate of drug-likeness (QED) is 0.335. The number of hydrogen-bond donors (Lipinski definition) is 3. The summed E-state index contributed by atoms with van der Waals surface area (Å²) in [6.07, 6.45) is 3.77. The van der Waals surface area contributed by atoms with Gasteiger partial charge in [-0.05, 0) is 69.6 Å². The molecule has 1 heterocycles. The number of ether oxygens (including phenoxy) is 1. The summed E-state index contributed by atoms with van der Waals surface area (Å²) in [5.74, 6) is 1.81. The van der Waals surface area contributed by atoms with Crippen LogP contribution in [0.15, 0.2) is 59.6 Å². The lowest BCUT2D eigenvalue weighted by atomic mass is 9.96. The van der Waals surface area contributed by atoms with Crippen molar-refractivity contribution in [2.45, 2.75) is 25.7 Å². The van der Waals surface area contributed by atoms with Crippen molar-refractivity contribution in [1.29, 1.82) is 0 Å². The first-order chi connectivity index (χ1) is 14.6. The largest absolute Gasteiger partial charge is 0.457 e. The number of piperidine rings is 1. The van der Waals surface area contributed by atoms with Gasteiger partial charge in [-0.1, -0.05) is 24.3 Å². The Labute approximate surface area is 178 Å². The Kier molecular flexibility index (Phi) is 8.09. The van der Waals surface area contributed by atoms with Gasteiger partial charge in [0.2, 0.25) is 5.91 Å². The van der Waals surface area contributed by atoms with Crippen LogP contribution in [0.1, 0.15) is 25.7 Å². The van der Waals surface area contributed by atoms with Crippen LogP contribution in [-0.4, -0.2) is 42.9 Å². The molecule has 1 saturated heterocycles. The molecule has 2 aromatic carbocycles. The number of likely N-dealkylation sites (tertiary alicyclic amines) is 1. The molecule has 0 unspecified atom stereocenters. The van der Waals surface area contributed by atoms with Crippen LogP contribution in [-0.2, 0) is 4.79 Å². The number of aliphatic imine (C=N–C) groups is 1. The number of para-hydroxylation sites is 1. The number of rotatable bonds is 9. The van der Waals surface area contributed by atoms with E-state index in [1.54, 1.807) is 0 Å². The van der Waals surface area contributed by atoms with Crippen molar-refractivity contribution in [1.82, 2.24) is 4.90 Å². The molecule has 7 heteroatoms. The molecule has 1 fully saturated rings. The van der Waals surface area contributed by atoms with Gasteiger partial charge in [0.1, 0.15) is 11.5 Å². The lowest BCUT2D eigenvalue weighted by Gasteiger charge is -2.30. The van der Waals surface area contributed by atoms with Crippen molar-refractivity contribution >= 4 is 17.6 Å². The monoisotopic (exact) mass is 409 g/mol. The number of nitrogens with zero attached hydrogens (tertiary/aromatic N) is 2. The zero-order valence-corrected chi connectivity index (χ0v) is 17.3. The summed E-state index contributed by atoms with van der Waals surface area (Å²) in [7, 11) is 0. The number of unbranched alkanes of at least 4 members (excludes halogenated alkanes) is 1. The van der Waals surface area contributed by atoms with Crippen molar-refractivity contribution in [3.8, 4) is 11.5 Å². The Bertz CT molecular complexity index is 832. The van der Waals surface area contributed by atoms with Crippen molar-refractivity contribution in [3.05, 3.63) is 54.6 Å². The molecule has 160 valence electrons. The van der Waals surface area contributed by atoms with E-state index in [-0.39, 0.29) is 11.8 Å². The highest BCUT2D eigenvalue weighted by atomic mass is 16.5. The number of benzene rings is 2. The van der Waals surface area contributed by atoms with Gasteiger partial charge in [-0.15, -0.1) is 0 Å². The Balaban J connectivity index is 1.36. The number of nitrogens with one attached hydrogen (secondary N) is 1. The van der Waals surface area contributed by atoms with Crippen LogP contribution in [0.4, 0.5) is 5.69 Å². The average molecular weight is 410 g/mol. The first kappa shape index (κ1) is 21.6. The van der Waals surface area contributed by atoms with Crippen LogP contribution in [0.25, 0.3) is 0 Å². The van der Waals surface area contributed by atoms with Gasteiger partial charge >= 0.3 is 0 Å². The molecule has 0 radical (unpaired) electrons. The second-order valence-electron chi connectivity index (χ2n) is 7.56. The van der Waals surface area contributed by atoms with Gasteiger partial charge in [-0.3, -0.25) is 9.79 Å². The molecule has 0 saturated carbocycles. The van der Waals surface area contributed by atoms with E-state index >= 15 is 0 Å². The fourth-order valence-electron chi connectivity index (χ4n) is 3.54. The molecule has 1 aliphatic rings. The third-order valence-corrected chi connectivity index (χ3v) is 5.24. The maximum atomic E-state index is 11.2. The van der Waals surface area contributed by atoms with E-state index in [0.717, 1.165) is 62.5 Å². The summed E-state index contributed by atoms with van der Waals surface area (Å²) in [6.45, 7) is 3.59. The number of anilines is 1. The van der Waals surface area contributed by atoms with E-state index in [2.05, 4.69) is 15.2 Å². The summed E-state index contributed by atoms with van der Waals surface area (Å²) in [5.41, 5.74) is 12.2. The molecule has 1 amide bonds.